The van der Waals surface area contributed by atoms with E-state index in [1.165, 1.54) is 12.4 Å². The minimum atomic E-state index is -5.09. The van der Waals surface area contributed by atoms with Crippen molar-refractivity contribution in [1.29, 1.82) is 0 Å². The smallest absolute Gasteiger partial charge is 0.279 e. The number of thiazole rings is 1. The number of benzene rings is 2. The highest BCUT2D eigenvalue weighted by molar-refractivity contribution is 7.22. The van der Waals surface area contributed by atoms with Crippen molar-refractivity contribution >= 4 is 44.2 Å². The van der Waals surface area contributed by atoms with Crippen LogP contribution in [0.2, 0.25) is 5.02 Å². The molecule has 35 heavy (non-hydrogen) atoms. The van der Waals surface area contributed by atoms with Gasteiger partial charge in [-0.2, -0.15) is 26.3 Å². The van der Waals surface area contributed by atoms with Crippen molar-refractivity contribution in [3.63, 3.8) is 0 Å². The summed E-state index contributed by atoms with van der Waals surface area (Å²) in [4.78, 5) is 22.9. The van der Waals surface area contributed by atoms with Crippen LogP contribution in [-0.4, -0.2) is 15.9 Å². The normalized spacial score (nSPS) is 12.2. The number of nitrogens with zero attached hydrogens (tertiary/aromatic N) is 3. The second-order valence-electron chi connectivity index (χ2n) is 7.56. The van der Waals surface area contributed by atoms with E-state index in [9.17, 15) is 31.1 Å². The lowest BCUT2D eigenvalue weighted by Gasteiger charge is -2.21. The minimum absolute atomic E-state index is 0.0225. The molecule has 0 aliphatic rings. The lowest BCUT2D eigenvalue weighted by Crippen LogP contribution is -2.31. The van der Waals surface area contributed by atoms with Crippen molar-refractivity contribution in [2.45, 2.75) is 25.8 Å². The molecule has 2 aromatic carbocycles. The maximum atomic E-state index is 13.4. The van der Waals surface area contributed by atoms with Crippen LogP contribution in [-0.2, 0) is 18.9 Å². The van der Waals surface area contributed by atoms with Gasteiger partial charge < -0.3 is 0 Å². The molecule has 0 atom stereocenters. The number of halogens is 7. The molecule has 4 aromatic rings. The molecular weight excluding hydrogens is 516 g/mol. The summed E-state index contributed by atoms with van der Waals surface area (Å²) in [5.41, 5.74) is -2.34. The number of anilines is 1. The van der Waals surface area contributed by atoms with E-state index in [0.29, 0.717) is 38.5 Å². The van der Waals surface area contributed by atoms with Crippen molar-refractivity contribution < 1.29 is 31.1 Å². The number of aryl methyl sites for hydroxylation is 1. The first-order chi connectivity index (χ1) is 16.3. The maximum Gasteiger partial charge on any atom is 0.416 e. The van der Waals surface area contributed by atoms with Gasteiger partial charge in [-0.1, -0.05) is 29.0 Å². The summed E-state index contributed by atoms with van der Waals surface area (Å²) in [5.74, 6) is -1.08. The van der Waals surface area contributed by atoms with Crippen molar-refractivity contribution in [3.05, 3.63) is 87.7 Å². The summed E-state index contributed by atoms with van der Waals surface area (Å²) in [6, 6.07) is 7.31. The predicted octanol–water partition coefficient (Wildman–Crippen LogP) is 7.54. The summed E-state index contributed by atoms with van der Waals surface area (Å²) in [7, 11) is 0. The predicted molar refractivity (Wildman–Crippen MR) is 121 cm³/mol. The van der Waals surface area contributed by atoms with Crippen LogP contribution in [0.5, 0.6) is 0 Å². The lowest BCUT2D eigenvalue weighted by molar-refractivity contribution is -0.143. The molecule has 4 nitrogen and oxygen atoms in total. The summed E-state index contributed by atoms with van der Waals surface area (Å²) < 4.78 is 80.9. The number of amides is 1. The van der Waals surface area contributed by atoms with Crippen molar-refractivity contribution in [3.8, 4) is 0 Å². The Hall–Kier alpha value is -3.18. The zero-order chi connectivity index (χ0) is 25.5. The van der Waals surface area contributed by atoms with Crippen LogP contribution in [0.25, 0.3) is 10.2 Å². The number of carbonyl (C=O) groups is 1. The number of aromatic nitrogens is 2. The SMILES string of the molecule is Cc1c(Cl)ccc2sc(N(Cc3cccnc3)C(=O)c3cc(C(F)(F)F)cc(C(F)(F)F)c3)nc12. The minimum Gasteiger partial charge on any atom is -0.279 e. The Morgan fingerprint density at radius 2 is 1.69 bits per heavy atom. The van der Waals surface area contributed by atoms with Gasteiger partial charge in [0.15, 0.2) is 5.13 Å². The quantitative estimate of drug-likeness (QED) is 0.257. The van der Waals surface area contributed by atoms with Gasteiger partial charge in [0.05, 0.1) is 27.9 Å². The summed E-state index contributed by atoms with van der Waals surface area (Å²) in [5, 5.41) is 0.511. The van der Waals surface area contributed by atoms with Gasteiger partial charge in [0.2, 0.25) is 0 Å². The summed E-state index contributed by atoms with van der Waals surface area (Å²) >= 11 is 7.21. The molecule has 0 bridgehead atoms. The highest BCUT2D eigenvalue weighted by Gasteiger charge is 2.38. The largest absolute Gasteiger partial charge is 0.416 e. The van der Waals surface area contributed by atoms with Gasteiger partial charge in [0.1, 0.15) is 0 Å². The molecule has 0 saturated carbocycles. The fourth-order valence-corrected chi connectivity index (χ4v) is 4.51. The average molecular weight is 530 g/mol. The van der Waals surface area contributed by atoms with Crippen LogP contribution in [0.4, 0.5) is 31.5 Å². The molecule has 0 saturated heterocycles. The van der Waals surface area contributed by atoms with E-state index in [1.807, 2.05) is 0 Å². The molecule has 0 aliphatic heterocycles. The molecule has 0 N–H and O–H groups in total. The van der Waals surface area contributed by atoms with Crippen molar-refractivity contribution in [1.82, 2.24) is 9.97 Å². The lowest BCUT2D eigenvalue weighted by atomic mass is 10.0. The Kier molecular flexibility index (Phi) is 6.50. The number of pyridine rings is 1. The van der Waals surface area contributed by atoms with E-state index in [0.717, 1.165) is 16.2 Å². The molecular formula is C23H14ClF6N3OS. The molecule has 0 unspecified atom stereocenters. The molecule has 2 heterocycles. The third-order valence-corrected chi connectivity index (χ3v) is 6.56. The molecule has 12 heteroatoms. The van der Waals surface area contributed by atoms with E-state index < -0.39 is 35.0 Å². The van der Waals surface area contributed by atoms with Crippen LogP contribution >= 0.6 is 22.9 Å². The van der Waals surface area contributed by atoms with Gasteiger partial charge in [0.25, 0.3) is 5.91 Å². The number of carbonyl (C=O) groups excluding carboxylic acids is 1. The Bertz CT molecular complexity index is 1370. The molecule has 0 aliphatic carbocycles. The van der Waals surface area contributed by atoms with Gasteiger partial charge in [-0.25, -0.2) is 4.98 Å². The van der Waals surface area contributed by atoms with Crippen molar-refractivity contribution in [2.75, 3.05) is 4.90 Å². The van der Waals surface area contributed by atoms with Gasteiger partial charge in [0, 0.05) is 23.0 Å². The zero-order valence-electron chi connectivity index (χ0n) is 17.7. The second kappa shape index (κ2) is 9.12. The average Bonchev–Trinajstić information content (AvgIpc) is 3.23. The summed E-state index contributed by atoms with van der Waals surface area (Å²) in [6.45, 7) is 1.53. The molecule has 1 amide bonds. The Morgan fingerprint density at radius 3 is 2.26 bits per heavy atom. The van der Waals surface area contributed by atoms with Crippen LogP contribution < -0.4 is 4.90 Å². The van der Waals surface area contributed by atoms with E-state index in [4.69, 9.17) is 11.6 Å². The highest BCUT2D eigenvalue weighted by Crippen LogP contribution is 2.38. The van der Waals surface area contributed by atoms with Gasteiger partial charge in [-0.15, -0.1) is 0 Å². The molecule has 0 spiro atoms. The first-order valence-electron chi connectivity index (χ1n) is 9.90. The fourth-order valence-electron chi connectivity index (χ4n) is 3.34. The number of alkyl halides is 6. The van der Waals surface area contributed by atoms with Crippen LogP contribution in [0.15, 0.2) is 54.9 Å². The standard InChI is InChI=1S/C23H14ClF6N3OS/c1-12-17(24)4-5-18-19(12)32-21(35-18)33(11-13-3-2-6-31-10-13)20(34)14-7-15(22(25,26)27)9-16(8-14)23(28,29)30/h2-10H,11H2,1H3. The third-order valence-electron chi connectivity index (χ3n) is 5.11. The van der Waals surface area contributed by atoms with Gasteiger partial charge in [-0.3, -0.25) is 14.7 Å². The third kappa shape index (κ3) is 5.25. The Balaban J connectivity index is 1.87. The Morgan fingerprint density at radius 1 is 1.03 bits per heavy atom. The second-order valence-corrected chi connectivity index (χ2v) is 8.98. The molecule has 182 valence electrons. The van der Waals surface area contributed by atoms with E-state index in [1.54, 1.807) is 31.2 Å². The van der Waals surface area contributed by atoms with Crippen molar-refractivity contribution in [2.24, 2.45) is 0 Å². The number of rotatable bonds is 4. The highest BCUT2D eigenvalue weighted by atomic mass is 35.5. The maximum absolute atomic E-state index is 13.4. The first kappa shape index (κ1) is 24.9. The van der Waals surface area contributed by atoms with Crippen LogP contribution in [0.3, 0.4) is 0 Å². The molecule has 0 radical (unpaired) electrons. The summed E-state index contributed by atoms with van der Waals surface area (Å²) in [6.07, 6.45) is -7.26. The van der Waals surface area contributed by atoms with E-state index >= 15 is 0 Å². The van der Waals surface area contributed by atoms with Gasteiger partial charge in [-0.05, 0) is 54.4 Å². The monoisotopic (exact) mass is 529 g/mol. The fraction of sp³-hybridized carbons (Fsp3) is 0.174. The number of fused-ring (bicyclic) bond motifs is 1. The zero-order valence-corrected chi connectivity index (χ0v) is 19.3. The van der Waals surface area contributed by atoms with Crippen LogP contribution in [0, 0.1) is 6.92 Å². The molecule has 0 fully saturated rings. The number of hydrogen-bond acceptors (Lipinski definition) is 4. The van der Waals surface area contributed by atoms with E-state index in [-0.39, 0.29) is 17.7 Å². The first-order valence-corrected chi connectivity index (χ1v) is 11.1. The molecule has 4 rings (SSSR count). The van der Waals surface area contributed by atoms with Gasteiger partial charge >= 0.3 is 12.4 Å². The molecule has 2 aromatic heterocycles. The number of hydrogen-bond donors (Lipinski definition) is 0. The van der Waals surface area contributed by atoms with Crippen LogP contribution in [0.1, 0.15) is 32.6 Å². The van der Waals surface area contributed by atoms with E-state index in [2.05, 4.69) is 9.97 Å². The Labute approximate surface area is 203 Å². The topological polar surface area (TPSA) is 46.1 Å².